The summed E-state index contributed by atoms with van der Waals surface area (Å²) in [7, 11) is 0. The molecule has 0 aliphatic rings. The Kier molecular flexibility index (Phi) is 7.13. The Bertz CT molecular complexity index is 354. The molecule has 0 aliphatic heterocycles. The van der Waals surface area contributed by atoms with E-state index in [2.05, 4.69) is 5.32 Å². The predicted molar refractivity (Wildman–Crippen MR) is 62.3 cm³/mol. The molecule has 0 radical (unpaired) electrons. The maximum Gasteiger partial charge on any atom is 0.454 e. The van der Waals surface area contributed by atoms with E-state index in [1.54, 1.807) is 0 Å². The second-order valence-electron chi connectivity index (χ2n) is 4.01. The number of alkyl halides is 3. The fraction of sp³-hybridized carbons (Fsp3) is 0.636. The second kappa shape index (κ2) is 7.78. The standard InChI is InChI=1S/C11H17F3N2O3/c1-7(6-9(17)11(12,13)14)16-8(10(18)19)4-2-3-5-15/h6,8,16H,2-5,15H2,1H3,(H,18,19)/b7-6-/t8-/m0/s1. The highest BCUT2D eigenvalue weighted by Crippen LogP contribution is 2.17. The molecule has 4 N–H and O–H groups in total. The van der Waals surface area contributed by atoms with Crippen LogP contribution < -0.4 is 11.1 Å². The van der Waals surface area contributed by atoms with E-state index >= 15 is 0 Å². The van der Waals surface area contributed by atoms with E-state index in [0.717, 1.165) is 0 Å². The normalized spacial score (nSPS) is 14.1. The summed E-state index contributed by atoms with van der Waals surface area (Å²) in [6.45, 7) is 1.62. The topological polar surface area (TPSA) is 92.4 Å². The molecule has 0 aliphatic carbocycles. The van der Waals surface area contributed by atoms with Crippen molar-refractivity contribution in [2.45, 2.75) is 38.4 Å². The lowest BCUT2D eigenvalue weighted by Gasteiger charge is -2.16. The molecule has 8 heteroatoms. The zero-order chi connectivity index (χ0) is 15.1. The van der Waals surface area contributed by atoms with Gasteiger partial charge in [0.25, 0.3) is 5.78 Å². The fourth-order valence-corrected chi connectivity index (χ4v) is 1.35. The molecule has 0 aromatic rings. The lowest BCUT2D eigenvalue weighted by Crippen LogP contribution is -2.36. The summed E-state index contributed by atoms with van der Waals surface area (Å²) >= 11 is 0. The van der Waals surface area contributed by atoms with Crippen LogP contribution in [0.5, 0.6) is 0 Å². The van der Waals surface area contributed by atoms with Crippen molar-refractivity contribution in [3.63, 3.8) is 0 Å². The first kappa shape index (κ1) is 17.4. The van der Waals surface area contributed by atoms with E-state index in [-0.39, 0.29) is 12.1 Å². The van der Waals surface area contributed by atoms with Crippen molar-refractivity contribution < 1.29 is 27.9 Å². The highest BCUT2D eigenvalue weighted by molar-refractivity contribution is 5.94. The summed E-state index contributed by atoms with van der Waals surface area (Å²) in [6.07, 6.45) is -3.24. The van der Waals surface area contributed by atoms with Gasteiger partial charge in [-0.05, 0) is 32.7 Å². The smallest absolute Gasteiger partial charge is 0.454 e. The van der Waals surface area contributed by atoms with Gasteiger partial charge >= 0.3 is 12.1 Å². The van der Waals surface area contributed by atoms with E-state index in [0.29, 0.717) is 25.5 Å². The molecule has 0 aromatic carbocycles. The summed E-state index contributed by atoms with van der Waals surface area (Å²) in [5.41, 5.74) is 5.12. The Morgan fingerprint density at radius 2 is 1.95 bits per heavy atom. The predicted octanol–water partition coefficient (Wildman–Crippen LogP) is 1.19. The Morgan fingerprint density at radius 3 is 2.37 bits per heavy atom. The van der Waals surface area contributed by atoms with Gasteiger partial charge in [-0.15, -0.1) is 0 Å². The molecule has 0 rings (SSSR count). The van der Waals surface area contributed by atoms with Crippen LogP contribution in [0.15, 0.2) is 11.8 Å². The first-order valence-corrected chi connectivity index (χ1v) is 5.67. The van der Waals surface area contributed by atoms with Crippen molar-refractivity contribution in [3.8, 4) is 0 Å². The monoisotopic (exact) mass is 282 g/mol. The van der Waals surface area contributed by atoms with Crippen LogP contribution in [0.2, 0.25) is 0 Å². The number of hydrogen-bond acceptors (Lipinski definition) is 4. The number of halogens is 3. The van der Waals surface area contributed by atoms with Gasteiger partial charge in [0.2, 0.25) is 0 Å². The lowest BCUT2D eigenvalue weighted by molar-refractivity contribution is -0.165. The molecule has 0 unspecified atom stereocenters. The summed E-state index contributed by atoms with van der Waals surface area (Å²) in [5.74, 6) is -3.21. The van der Waals surface area contributed by atoms with Crippen LogP contribution in [0.3, 0.4) is 0 Å². The van der Waals surface area contributed by atoms with E-state index < -0.39 is 24.0 Å². The minimum atomic E-state index is -4.96. The van der Waals surface area contributed by atoms with Gasteiger partial charge in [-0.3, -0.25) is 4.79 Å². The van der Waals surface area contributed by atoms with Gasteiger partial charge in [0.05, 0.1) is 0 Å². The molecule has 0 saturated heterocycles. The Morgan fingerprint density at radius 1 is 1.37 bits per heavy atom. The van der Waals surface area contributed by atoms with Crippen molar-refractivity contribution in [1.82, 2.24) is 5.32 Å². The quantitative estimate of drug-likeness (QED) is 0.459. The average molecular weight is 282 g/mol. The van der Waals surface area contributed by atoms with Crippen molar-refractivity contribution in [2.75, 3.05) is 6.54 Å². The van der Waals surface area contributed by atoms with E-state index in [1.807, 2.05) is 0 Å². The number of nitrogens with one attached hydrogen (secondary N) is 1. The van der Waals surface area contributed by atoms with Gasteiger partial charge in [-0.1, -0.05) is 0 Å². The largest absolute Gasteiger partial charge is 0.480 e. The van der Waals surface area contributed by atoms with Gasteiger partial charge in [0.15, 0.2) is 0 Å². The van der Waals surface area contributed by atoms with E-state index in [4.69, 9.17) is 10.8 Å². The summed E-state index contributed by atoms with van der Waals surface area (Å²) in [6, 6.07) is -1.04. The summed E-state index contributed by atoms with van der Waals surface area (Å²) in [4.78, 5) is 21.6. The molecule has 19 heavy (non-hydrogen) atoms. The van der Waals surface area contributed by atoms with Crippen LogP contribution in [-0.4, -0.2) is 35.6 Å². The number of carboxylic acids is 1. The molecule has 0 fully saturated rings. The molecule has 1 atom stereocenters. The zero-order valence-electron chi connectivity index (χ0n) is 10.5. The molecule has 0 aromatic heterocycles. The minimum absolute atomic E-state index is 0.137. The molecule has 5 nitrogen and oxygen atoms in total. The molecule has 0 heterocycles. The molecule has 110 valence electrons. The van der Waals surface area contributed by atoms with E-state index in [1.165, 1.54) is 6.92 Å². The summed E-state index contributed by atoms with van der Waals surface area (Å²) in [5, 5.41) is 11.3. The third-order valence-electron chi connectivity index (χ3n) is 2.27. The Balaban J connectivity index is 4.54. The number of ketones is 1. The number of carbonyl (C=O) groups is 2. The zero-order valence-corrected chi connectivity index (χ0v) is 10.5. The third kappa shape index (κ3) is 7.45. The van der Waals surface area contributed by atoms with Gasteiger partial charge < -0.3 is 16.2 Å². The maximum absolute atomic E-state index is 12.0. The highest BCUT2D eigenvalue weighted by Gasteiger charge is 2.36. The molecule has 0 spiro atoms. The third-order valence-corrected chi connectivity index (χ3v) is 2.27. The SMILES string of the molecule is C/C(=C/C(=O)C(F)(F)F)N[C@@H](CCCCN)C(=O)O. The van der Waals surface area contributed by atoms with Crippen LogP contribution in [0.4, 0.5) is 13.2 Å². The molecule has 0 amide bonds. The molecular formula is C11H17F3N2O3. The second-order valence-corrected chi connectivity index (χ2v) is 4.01. The summed E-state index contributed by atoms with van der Waals surface area (Å²) < 4.78 is 36.0. The number of allylic oxidation sites excluding steroid dienone is 2. The van der Waals surface area contributed by atoms with Crippen molar-refractivity contribution >= 4 is 11.8 Å². The lowest BCUT2D eigenvalue weighted by atomic mass is 10.1. The Labute approximate surface area is 108 Å². The van der Waals surface area contributed by atoms with Crippen LogP contribution in [-0.2, 0) is 9.59 Å². The van der Waals surface area contributed by atoms with Gasteiger partial charge in [0.1, 0.15) is 6.04 Å². The van der Waals surface area contributed by atoms with Crippen LogP contribution in [0, 0.1) is 0 Å². The number of hydrogen-bond donors (Lipinski definition) is 3. The number of aliphatic carboxylic acids is 1. The van der Waals surface area contributed by atoms with Crippen LogP contribution >= 0.6 is 0 Å². The number of carbonyl (C=O) groups excluding carboxylic acids is 1. The minimum Gasteiger partial charge on any atom is -0.480 e. The van der Waals surface area contributed by atoms with Crippen molar-refractivity contribution in [3.05, 3.63) is 11.8 Å². The van der Waals surface area contributed by atoms with E-state index in [9.17, 15) is 22.8 Å². The van der Waals surface area contributed by atoms with Gasteiger partial charge in [-0.25, -0.2) is 4.79 Å². The molecule has 0 saturated carbocycles. The number of unbranched alkanes of at least 4 members (excludes halogenated alkanes) is 1. The Hall–Kier alpha value is -1.57. The molecule has 0 bridgehead atoms. The molecular weight excluding hydrogens is 265 g/mol. The highest BCUT2D eigenvalue weighted by atomic mass is 19.4. The van der Waals surface area contributed by atoms with Crippen LogP contribution in [0.25, 0.3) is 0 Å². The average Bonchev–Trinajstić information content (AvgIpc) is 2.26. The van der Waals surface area contributed by atoms with Crippen molar-refractivity contribution in [2.24, 2.45) is 5.73 Å². The maximum atomic E-state index is 12.0. The van der Waals surface area contributed by atoms with Gasteiger partial charge in [0, 0.05) is 11.8 Å². The fourth-order valence-electron chi connectivity index (χ4n) is 1.35. The number of nitrogens with two attached hydrogens (primary N) is 1. The number of carboxylic acid groups (broad SMARTS) is 1. The van der Waals surface area contributed by atoms with Gasteiger partial charge in [-0.2, -0.15) is 13.2 Å². The number of rotatable bonds is 8. The van der Waals surface area contributed by atoms with Crippen LogP contribution in [0.1, 0.15) is 26.2 Å². The first-order chi connectivity index (χ1) is 8.68. The first-order valence-electron chi connectivity index (χ1n) is 5.67. The van der Waals surface area contributed by atoms with Crippen molar-refractivity contribution in [1.29, 1.82) is 0 Å².